The minimum atomic E-state index is -3.76. The Hall–Kier alpha value is -2.05. The molecule has 0 saturated carbocycles. The summed E-state index contributed by atoms with van der Waals surface area (Å²) in [6.45, 7) is 1.31. The second kappa shape index (κ2) is 8.13. The van der Waals surface area contributed by atoms with Gasteiger partial charge in [0.2, 0.25) is 10.0 Å². The van der Waals surface area contributed by atoms with Gasteiger partial charge in [-0.05, 0) is 12.1 Å². The van der Waals surface area contributed by atoms with Crippen molar-refractivity contribution < 1.29 is 13.3 Å². The fourth-order valence-corrected chi connectivity index (χ4v) is 4.43. The second-order valence-corrected chi connectivity index (χ2v) is 8.75. The molecule has 2 heterocycles. The first-order valence-corrected chi connectivity index (χ1v) is 10.3. The van der Waals surface area contributed by atoms with Gasteiger partial charge in [-0.1, -0.05) is 23.2 Å². The molecule has 150 valence electrons. The van der Waals surface area contributed by atoms with Crippen molar-refractivity contribution in [2.24, 2.45) is 0 Å². The number of sulfonamides is 1. The van der Waals surface area contributed by atoms with Crippen LogP contribution >= 0.6 is 23.2 Å². The fraction of sp³-hybridized carbons (Fsp3) is 0.333. The molecule has 28 heavy (non-hydrogen) atoms. The lowest BCUT2D eigenvalue weighted by molar-refractivity contribution is -0.384. The summed E-state index contributed by atoms with van der Waals surface area (Å²) < 4.78 is 27.9. The molecule has 0 bridgehead atoms. The lowest BCUT2D eigenvalue weighted by Gasteiger charge is -2.33. The van der Waals surface area contributed by atoms with Crippen molar-refractivity contribution >= 4 is 38.9 Å². The quantitative estimate of drug-likeness (QED) is 0.501. The summed E-state index contributed by atoms with van der Waals surface area (Å²) in [4.78, 5) is 24.0. The summed E-state index contributed by atoms with van der Waals surface area (Å²) in [5.41, 5.74) is -0.696. The molecule has 0 N–H and O–H groups in total. The number of benzene rings is 1. The van der Waals surface area contributed by atoms with Gasteiger partial charge in [-0.15, -0.1) is 0 Å². The lowest BCUT2D eigenvalue weighted by Crippen LogP contribution is -2.49. The number of nitro groups is 1. The minimum Gasteiger partial charge on any atom is -0.282 e. The maximum Gasteiger partial charge on any atom is 0.288 e. The maximum atomic E-state index is 12.7. The monoisotopic (exact) mass is 447 g/mol. The maximum absolute atomic E-state index is 12.7. The summed E-state index contributed by atoms with van der Waals surface area (Å²) in [6.07, 6.45) is 1.28. The van der Waals surface area contributed by atoms with E-state index in [-0.39, 0.29) is 40.4 Å². The van der Waals surface area contributed by atoms with E-state index in [9.17, 15) is 23.3 Å². The normalized spacial score (nSPS) is 16.2. The van der Waals surface area contributed by atoms with Crippen LogP contribution in [0.5, 0.6) is 0 Å². The van der Waals surface area contributed by atoms with Gasteiger partial charge in [0.05, 0.1) is 27.7 Å². The predicted molar refractivity (Wildman–Crippen MR) is 102 cm³/mol. The zero-order valence-electron chi connectivity index (χ0n) is 14.4. The van der Waals surface area contributed by atoms with Crippen LogP contribution in [0.1, 0.15) is 0 Å². The van der Waals surface area contributed by atoms with E-state index in [2.05, 4.69) is 5.10 Å². The fourth-order valence-electron chi connectivity index (χ4n) is 2.74. The number of non-ortho nitro benzene ring substituents is 1. The number of halogens is 2. The predicted octanol–water partition coefficient (Wildman–Crippen LogP) is 1.42. The van der Waals surface area contributed by atoms with Crippen LogP contribution in [0.4, 0.5) is 5.69 Å². The Morgan fingerprint density at radius 2 is 1.71 bits per heavy atom. The van der Waals surface area contributed by atoms with E-state index in [0.717, 1.165) is 16.8 Å². The average Bonchev–Trinajstić information content (AvgIpc) is 2.69. The van der Waals surface area contributed by atoms with Crippen LogP contribution in [-0.2, 0) is 16.7 Å². The average molecular weight is 448 g/mol. The molecular weight excluding hydrogens is 433 g/mol. The van der Waals surface area contributed by atoms with Crippen LogP contribution in [-0.4, -0.2) is 58.5 Å². The van der Waals surface area contributed by atoms with Gasteiger partial charge in [-0.25, -0.2) is 13.1 Å². The summed E-state index contributed by atoms with van der Waals surface area (Å²) in [6, 6.07) is 4.76. The lowest BCUT2D eigenvalue weighted by atomic mass is 10.3. The number of hydrogen-bond donors (Lipinski definition) is 0. The molecule has 0 aliphatic carbocycles. The Balaban J connectivity index is 1.67. The van der Waals surface area contributed by atoms with Crippen LogP contribution in [0.25, 0.3) is 0 Å². The molecule has 1 fully saturated rings. The smallest absolute Gasteiger partial charge is 0.282 e. The van der Waals surface area contributed by atoms with Crippen LogP contribution < -0.4 is 5.56 Å². The molecule has 1 aliphatic heterocycles. The Morgan fingerprint density at radius 3 is 2.29 bits per heavy atom. The second-order valence-electron chi connectivity index (χ2n) is 6.03. The molecule has 1 aliphatic rings. The molecule has 1 saturated heterocycles. The first-order valence-electron chi connectivity index (χ1n) is 8.08. The van der Waals surface area contributed by atoms with Crippen molar-refractivity contribution in [2.75, 3.05) is 26.2 Å². The highest BCUT2D eigenvalue weighted by atomic mass is 35.5. The van der Waals surface area contributed by atoms with E-state index in [1.165, 1.54) is 22.6 Å². The van der Waals surface area contributed by atoms with Gasteiger partial charge < -0.3 is 0 Å². The summed E-state index contributed by atoms with van der Waals surface area (Å²) in [7, 11) is -3.76. The third-order valence-electron chi connectivity index (χ3n) is 4.29. The largest absolute Gasteiger partial charge is 0.288 e. The molecule has 1 aromatic heterocycles. The summed E-state index contributed by atoms with van der Waals surface area (Å²) >= 11 is 11.6. The van der Waals surface area contributed by atoms with Crippen LogP contribution in [0, 0.1) is 10.1 Å². The van der Waals surface area contributed by atoms with Gasteiger partial charge in [0.1, 0.15) is 5.02 Å². The van der Waals surface area contributed by atoms with Crippen LogP contribution in [0.15, 0.2) is 40.2 Å². The molecule has 0 unspecified atom stereocenters. The van der Waals surface area contributed by atoms with E-state index in [0.29, 0.717) is 13.1 Å². The molecule has 0 atom stereocenters. The van der Waals surface area contributed by atoms with Crippen LogP contribution in [0.2, 0.25) is 10.0 Å². The number of aromatic nitrogens is 2. The van der Waals surface area contributed by atoms with E-state index < -0.39 is 20.5 Å². The van der Waals surface area contributed by atoms with Crippen LogP contribution in [0.3, 0.4) is 0 Å². The Bertz CT molecular complexity index is 1050. The SMILES string of the molecule is O=c1c(Cl)c(Cl)cnn1CN1CCN(S(=O)(=O)c2ccc([N+](=O)[O-])cc2)CC1. The number of rotatable bonds is 5. The van der Waals surface area contributed by atoms with Crippen molar-refractivity contribution in [3.05, 3.63) is 61.0 Å². The standard InChI is InChI=1S/C15H15Cl2N5O5S/c16-13-9-18-21(15(23)14(13)17)10-19-5-7-20(8-6-19)28(26,27)12-3-1-11(2-4-12)22(24)25/h1-4,9H,5-8,10H2. The first-order chi connectivity index (χ1) is 13.2. The Labute approximate surface area is 170 Å². The van der Waals surface area contributed by atoms with Gasteiger partial charge in [-0.3, -0.25) is 19.8 Å². The van der Waals surface area contributed by atoms with Gasteiger partial charge in [-0.2, -0.15) is 9.40 Å². The van der Waals surface area contributed by atoms with E-state index in [1.54, 1.807) is 0 Å². The first kappa shape index (κ1) is 20.7. The molecule has 0 amide bonds. The number of hydrogen-bond acceptors (Lipinski definition) is 7. The number of nitrogens with zero attached hydrogens (tertiary/aromatic N) is 5. The molecular formula is C15H15Cl2N5O5S. The van der Waals surface area contributed by atoms with Gasteiger partial charge in [0.15, 0.2) is 0 Å². The highest BCUT2D eigenvalue weighted by molar-refractivity contribution is 7.89. The Morgan fingerprint density at radius 1 is 1.11 bits per heavy atom. The van der Waals surface area contributed by atoms with Crippen molar-refractivity contribution in [1.82, 2.24) is 19.0 Å². The molecule has 3 rings (SSSR count). The minimum absolute atomic E-state index is 0.00563. The van der Waals surface area contributed by atoms with Crippen molar-refractivity contribution in [3.8, 4) is 0 Å². The third-order valence-corrected chi connectivity index (χ3v) is 6.95. The van der Waals surface area contributed by atoms with Gasteiger partial charge >= 0.3 is 0 Å². The van der Waals surface area contributed by atoms with Crippen molar-refractivity contribution in [1.29, 1.82) is 0 Å². The highest BCUT2D eigenvalue weighted by Crippen LogP contribution is 2.21. The zero-order chi connectivity index (χ0) is 20.5. The zero-order valence-corrected chi connectivity index (χ0v) is 16.7. The van der Waals surface area contributed by atoms with E-state index >= 15 is 0 Å². The molecule has 0 spiro atoms. The highest BCUT2D eigenvalue weighted by Gasteiger charge is 2.29. The van der Waals surface area contributed by atoms with Crippen molar-refractivity contribution in [3.63, 3.8) is 0 Å². The third kappa shape index (κ3) is 4.18. The van der Waals surface area contributed by atoms with E-state index in [1.807, 2.05) is 4.90 Å². The molecule has 0 radical (unpaired) electrons. The molecule has 2 aromatic rings. The number of piperazine rings is 1. The van der Waals surface area contributed by atoms with Gasteiger partial charge in [0.25, 0.3) is 11.2 Å². The Kier molecular flexibility index (Phi) is 6.01. The number of nitro benzene ring substituents is 1. The molecule has 10 nitrogen and oxygen atoms in total. The summed E-state index contributed by atoms with van der Waals surface area (Å²) in [5.74, 6) is 0. The van der Waals surface area contributed by atoms with E-state index in [4.69, 9.17) is 23.2 Å². The molecule has 1 aromatic carbocycles. The topological polar surface area (TPSA) is 119 Å². The van der Waals surface area contributed by atoms with Crippen molar-refractivity contribution in [2.45, 2.75) is 11.6 Å². The van der Waals surface area contributed by atoms with Gasteiger partial charge in [0, 0.05) is 38.3 Å². The summed E-state index contributed by atoms with van der Waals surface area (Å²) in [5, 5.41) is 14.6. The molecule has 13 heteroatoms.